The second kappa shape index (κ2) is 4.84. The molecule has 0 aromatic rings. The fraction of sp³-hybridized carbons (Fsp3) is 1.00. The van der Waals surface area contributed by atoms with E-state index in [0.29, 0.717) is 0 Å². The van der Waals surface area contributed by atoms with Gasteiger partial charge < -0.3 is 0 Å². The van der Waals surface area contributed by atoms with Crippen LogP contribution in [0.25, 0.3) is 0 Å². The van der Waals surface area contributed by atoms with E-state index in [1.807, 2.05) is 0 Å². The third kappa shape index (κ3) is 4.50. The van der Waals surface area contributed by atoms with Gasteiger partial charge >= 0.3 is 0 Å². The second-order valence-electron chi connectivity index (χ2n) is 3.36. The van der Waals surface area contributed by atoms with E-state index < -0.39 is 0 Å². The molecule has 0 fully saturated rings. The van der Waals surface area contributed by atoms with Crippen LogP contribution in [-0.2, 0) is 0 Å². The van der Waals surface area contributed by atoms with Crippen LogP contribution >= 0.6 is 0 Å². The van der Waals surface area contributed by atoms with Gasteiger partial charge in [-0.1, -0.05) is 47.0 Å². The molecule has 0 aliphatic rings. The predicted molar refractivity (Wildman–Crippen MR) is 43.5 cm³/mol. The molecule has 0 amide bonds. The summed E-state index contributed by atoms with van der Waals surface area (Å²) in [4.78, 5) is 0. The molecule has 0 saturated carbocycles. The quantitative estimate of drug-likeness (QED) is 0.544. The van der Waals surface area contributed by atoms with E-state index in [4.69, 9.17) is 0 Å². The summed E-state index contributed by atoms with van der Waals surface area (Å²) in [6.07, 6.45) is 4.16. The zero-order valence-corrected chi connectivity index (χ0v) is 7.28. The minimum atomic E-state index is 0.872. The number of rotatable bonds is 4. The Morgan fingerprint density at radius 1 is 1.11 bits per heavy atom. The van der Waals surface area contributed by atoms with E-state index in [9.17, 15) is 0 Å². The van der Waals surface area contributed by atoms with Crippen molar-refractivity contribution in [1.82, 2.24) is 0 Å². The standard InChI is InChI=1S/C9H20/c1-5-6-7-9(4)8(2)3/h8-9H,5-7H2,1-4H3/t9-/m1/s1. The summed E-state index contributed by atoms with van der Waals surface area (Å²) >= 11 is 0. The van der Waals surface area contributed by atoms with Crippen molar-refractivity contribution < 1.29 is 0 Å². The number of unbranched alkanes of at least 4 members (excludes halogenated alkanes) is 1. The minimum absolute atomic E-state index is 0.872. The summed E-state index contributed by atoms with van der Waals surface area (Å²) in [5.74, 6) is 1.79. The van der Waals surface area contributed by atoms with E-state index in [2.05, 4.69) is 27.7 Å². The van der Waals surface area contributed by atoms with Crippen LogP contribution in [-0.4, -0.2) is 0 Å². The molecule has 0 bridgehead atoms. The van der Waals surface area contributed by atoms with Gasteiger partial charge in [0.05, 0.1) is 0 Å². The highest BCUT2D eigenvalue weighted by Crippen LogP contribution is 2.16. The average molecular weight is 128 g/mol. The van der Waals surface area contributed by atoms with Crippen LogP contribution in [0.4, 0.5) is 0 Å². The molecule has 0 nitrogen and oxygen atoms in total. The highest BCUT2D eigenvalue weighted by atomic mass is 14.1. The molecule has 0 saturated heterocycles. The van der Waals surface area contributed by atoms with Crippen molar-refractivity contribution in [2.75, 3.05) is 0 Å². The maximum Gasteiger partial charge on any atom is -0.0420 e. The lowest BCUT2D eigenvalue weighted by Crippen LogP contribution is -2.02. The van der Waals surface area contributed by atoms with Gasteiger partial charge in [-0.15, -0.1) is 0 Å². The monoisotopic (exact) mass is 128 g/mol. The lowest BCUT2D eigenvalue weighted by molar-refractivity contribution is 0.381. The zero-order chi connectivity index (χ0) is 7.28. The van der Waals surface area contributed by atoms with Gasteiger partial charge in [-0.05, 0) is 11.8 Å². The SMILES string of the molecule is CCCC[C@@H](C)C(C)C. The van der Waals surface area contributed by atoms with E-state index in [0.717, 1.165) is 11.8 Å². The molecule has 1 atom stereocenters. The van der Waals surface area contributed by atoms with Crippen LogP contribution in [0.15, 0.2) is 0 Å². The van der Waals surface area contributed by atoms with Crippen LogP contribution in [0.2, 0.25) is 0 Å². The van der Waals surface area contributed by atoms with Crippen molar-refractivity contribution in [3.63, 3.8) is 0 Å². The molecule has 0 rings (SSSR count). The molecule has 0 spiro atoms. The van der Waals surface area contributed by atoms with Gasteiger partial charge in [0.25, 0.3) is 0 Å². The Balaban J connectivity index is 3.16. The van der Waals surface area contributed by atoms with Crippen LogP contribution in [0.1, 0.15) is 47.0 Å². The fourth-order valence-electron chi connectivity index (χ4n) is 0.859. The van der Waals surface area contributed by atoms with Crippen molar-refractivity contribution in [3.05, 3.63) is 0 Å². The first kappa shape index (κ1) is 9.00. The summed E-state index contributed by atoms with van der Waals surface area (Å²) in [5.41, 5.74) is 0. The maximum absolute atomic E-state index is 2.35. The van der Waals surface area contributed by atoms with E-state index in [1.165, 1.54) is 19.3 Å². The lowest BCUT2D eigenvalue weighted by Gasteiger charge is -2.13. The van der Waals surface area contributed by atoms with Crippen molar-refractivity contribution in [3.8, 4) is 0 Å². The summed E-state index contributed by atoms with van der Waals surface area (Å²) in [6, 6.07) is 0. The smallest absolute Gasteiger partial charge is 0.0420 e. The first-order valence-electron chi connectivity index (χ1n) is 4.18. The van der Waals surface area contributed by atoms with E-state index >= 15 is 0 Å². The van der Waals surface area contributed by atoms with Gasteiger partial charge in [0.15, 0.2) is 0 Å². The maximum atomic E-state index is 2.35. The summed E-state index contributed by atoms with van der Waals surface area (Å²) < 4.78 is 0. The first-order chi connectivity index (χ1) is 4.18. The largest absolute Gasteiger partial charge is 0.0654 e. The molecular formula is C9H20. The average Bonchev–Trinajstić information content (AvgIpc) is 1.82. The Labute approximate surface area is 59.7 Å². The summed E-state index contributed by atoms with van der Waals surface area (Å²) in [6.45, 7) is 9.22. The summed E-state index contributed by atoms with van der Waals surface area (Å²) in [7, 11) is 0. The Bertz CT molecular complexity index is 55.1. The fourth-order valence-corrected chi connectivity index (χ4v) is 0.859. The first-order valence-corrected chi connectivity index (χ1v) is 4.18. The topological polar surface area (TPSA) is 0 Å². The van der Waals surface area contributed by atoms with Gasteiger partial charge in [0, 0.05) is 0 Å². The molecule has 0 unspecified atom stereocenters. The van der Waals surface area contributed by atoms with Crippen molar-refractivity contribution in [2.45, 2.75) is 47.0 Å². The van der Waals surface area contributed by atoms with Crippen LogP contribution in [0, 0.1) is 11.8 Å². The molecule has 0 aromatic carbocycles. The minimum Gasteiger partial charge on any atom is -0.0654 e. The predicted octanol–water partition coefficient (Wildman–Crippen LogP) is 3.47. The molecule has 0 heteroatoms. The third-order valence-electron chi connectivity index (χ3n) is 2.15. The molecule has 56 valence electrons. The zero-order valence-electron chi connectivity index (χ0n) is 7.28. The van der Waals surface area contributed by atoms with Crippen molar-refractivity contribution in [1.29, 1.82) is 0 Å². The van der Waals surface area contributed by atoms with E-state index in [1.54, 1.807) is 0 Å². The lowest BCUT2D eigenvalue weighted by atomic mass is 9.93. The Hall–Kier alpha value is 0. The van der Waals surface area contributed by atoms with Crippen molar-refractivity contribution in [2.24, 2.45) is 11.8 Å². The normalized spacial score (nSPS) is 14.3. The van der Waals surface area contributed by atoms with Crippen LogP contribution in [0.3, 0.4) is 0 Å². The second-order valence-corrected chi connectivity index (χ2v) is 3.36. The molecule has 0 N–H and O–H groups in total. The third-order valence-corrected chi connectivity index (χ3v) is 2.15. The van der Waals surface area contributed by atoms with Crippen molar-refractivity contribution >= 4 is 0 Å². The Morgan fingerprint density at radius 2 is 1.67 bits per heavy atom. The summed E-state index contributed by atoms with van der Waals surface area (Å²) in [5, 5.41) is 0. The Kier molecular flexibility index (Phi) is 4.84. The number of hydrogen-bond acceptors (Lipinski definition) is 0. The van der Waals surface area contributed by atoms with Gasteiger partial charge in [-0.2, -0.15) is 0 Å². The van der Waals surface area contributed by atoms with Crippen LogP contribution < -0.4 is 0 Å². The molecule has 0 heterocycles. The molecule has 0 aliphatic heterocycles. The molecule has 9 heavy (non-hydrogen) atoms. The molecule has 0 radical (unpaired) electrons. The molecular weight excluding hydrogens is 108 g/mol. The Morgan fingerprint density at radius 3 is 2.00 bits per heavy atom. The number of hydrogen-bond donors (Lipinski definition) is 0. The molecule has 0 aromatic heterocycles. The van der Waals surface area contributed by atoms with Gasteiger partial charge in [0.2, 0.25) is 0 Å². The highest BCUT2D eigenvalue weighted by Gasteiger charge is 2.04. The van der Waals surface area contributed by atoms with Gasteiger partial charge in [-0.3, -0.25) is 0 Å². The highest BCUT2D eigenvalue weighted by molar-refractivity contribution is 4.55. The van der Waals surface area contributed by atoms with Gasteiger partial charge in [-0.25, -0.2) is 0 Å². The van der Waals surface area contributed by atoms with Gasteiger partial charge in [0.1, 0.15) is 0 Å². The molecule has 0 aliphatic carbocycles. The van der Waals surface area contributed by atoms with Crippen LogP contribution in [0.5, 0.6) is 0 Å². The van der Waals surface area contributed by atoms with E-state index in [-0.39, 0.29) is 0 Å².